The Bertz CT molecular complexity index is 410. The van der Waals surface area contributed by atoms with Crippen LogP contribution in [0.1, 0.15) is 19.4 Å². The first-order chi connectivity index (χ1) is 9.63. The molecule has 1 aromatic carbocycles. The molecule has 1 aromatic rings. The summed E-state index contributed by atoms with van der Waals surface area (Å²) >= 11 is 0. The number of hydrogen-bond donors (Lipinski definition) is 2. The summed E-state index contributed by atoms with van der Waals surface area (Å²) in [5, 5.41) is 13.4. The Morgan fingerprint density at radius 1 is 1.30 bits per heavy atom. The molecule has 1 rings (SSSR count). The number of nitrogens with one attached hydrogen (secondary N) is 1. The number of aliphatic hydroxyl groups is 1. The van der Waals surface area contributed by atoms with Gasteiger partial charge in [-0.25, -0.2) is 0 Å². The first-order valence-corrected chi connectivity index (χ1v) is 7.03. The molecule has 0 bridgehead atoms. The molecule has 4 nitrogen and oxygen atoms in total. The van der Waals surface area contributed by atoms with Crippen molar-refractivity contribution in [2.24, 2.45) is 10.9 Å². The molecule has 0 aliphatic heterocycles. The molecule has 1 unspecified atom stereocenters. The molecule has 0 saturated heterocycles. The van der Waals surface area contributed by atoms with Gasteiger partial charge < -0.3 is 0 Å². The fourth-order valence-electron chi connectivity index (χ4n) is 1.95. The standard InChI is InChI=1S/C15H23BN2O2/c1-12(2)9-17-10-15(19)14(18-11-16-20)8-13-6-4-3-5-7-13/h3-7,11-12,14-15,17,19H,8-10H2,1-2H3/t14-,15?/m0/s1. The molecule has 20 heavy (non-hydrogen) atoms. The Balaban J connectivity index is 2.58. The van der Waals surface area contributed by atoms with Crippen LogP contribution in [-0.4, -0.2) is 43.6 Å². The third-order valence-electron chi connectivity index (χ3n) is 2.98. The summed E-state index contributed by atoms with van der Waals surface area (Å²) in [6.07, 6.45) is 1.24. The summed E-state index contributed by atoms with van der Waals surface area (Å²) in [5.74, 6) is 0.535. The fraction of sp³-hybridized carbons (Fsp3) is 0.533. The van der Waals surface area contributed by atoms with E-state index < -0.39 is 6.10 Å². The van der Waals surface area contributed by atoms with Crippen molar-refractivity contribution in [3.63, 3.8) is 0 Å². The van der Waals surface area contributed by atoms with Crippen molar-refractivity contribution in [2.45, 2.75) is 32.4 Å². The maximum absolute atomic E-state index is 10.4. The number of rotatable bonds is 9. The molecular formula is C15H23BN2O2. The molecule has 0 heterocycles. The van der Waals surface area contributed by atoms with Gasteiger partial charge in [0.1, 0.15) is 0 Å². The second-order valence-electron chi connectivity index (χ2n) is 5.31. The molecule has 0 aromatic heterocycles. The number of benzene rings is 1. The van der Waals surface area contributed by atoms with Crippen LogP contribution in [0.2, 0.25) is 0 Å². The van der Waals surface area contributed by atoms with Crippen LogP contribution in [-0.2, 0) is 11.1 Å². The Hall–Kier alpha value is -1.33. The predicted molar refractivity (Wildman–Crippen MR) is 82.6 cm³/mol. The van der Waals surface area contributed by atoms with Gasteiger partial charge >= 0.3 is 121 Å². The summed E-state index contributed by atoms with van der Waals surface area (Å²) in [6, 6.07) is 9.56. The summed E-state index contributed by atoms with van der Waals surface area (Å²) in [7, 11) is 0.645. The van der Waals surface area contributed by atoms with Crippen LogP contribution in [0.4, 0.5) is 0 Å². The molecule has 2 atom stereocenters. The zero-order valence-corrected chi connectivity index (χ0v) is 12.2. The molecule has 2 N–H and O–H groups in total. The Morgan fingerprint density at radius 2 is 2.00 bits per heavy atom. The van der Waals surface area contributed by atoms with E-state index in [2.05, 4.69) is 24.2 Å². The molecule has 0 amide bonds. The summed E-state index contributed by atoms with van der Waals surface area (Å²) in [5.41, 5.74) is 1.10. The zero-order chi connectivity index (χ0) is 14.8. The maximum atomic E-state index is 10.4. The molecule has 5 heteroatoms. The summed E-state index contributed by atoms with van der Waals surface area (Å²) < 4.78 is 10.4. The van der Waals surface area contributed by atoms with E-state index in [0.717, 1.165) is 12.1 Å². The van der Waals surface area contributed by atoms with Crippen molar-refractivity contribution in [2.75, 3.05) is 13.1 Å². The van der Waals surface area contributed by atoms with Crippen molar-refractivity contribution in [3.05, 3.63) is 35.9 Å². The Morgan fingerprint density at radius 3 is 2.60 bits per heavy atom. The molecule has 0 aliphatic rings. The Labute approximate surface area is 121 Å². The molecule has 0 saturated carbocycles. The van der Waals surface area contributed by atoms with Crippen molar-refractivity contribution in [3.8, 4) is 0 Å². The van der Waals surface area contributed by atoms with Gasteiger partial charge in [0, 0.05) is 0 Å². The third-order valence-corrected chi connectivity index (χ3v) is 2.98. The van der Waals surface area contributed by atoms with Gasteiger partial charge in [0.25, 0.3) is 0 Å². The van der Waals surface area contributed by atoms with Gasteiger partial charge in [0.2, 0.25) is 0 Å². The molecule has 0 aliphatic carbocycles. The summed E-state index contributed by atoms with van der Waals surface area (Å²) in [4.78, 5) is 4.15. The number of aliphatic imine (C=N–C) groups is 1. The van der Waals surface area contributed by atoms with Crippen molar-refractivity contribution < 1.29 is 9.81 Å². The van der Waals surface area contributed by atoms with E-state index in [9.17, 15) is 9.81 Å². The average molecular weight is 274 g/mol. The second kappa shape index (κ2) is 9.56. The third kappa shape index (κ3) is 6.73. The van der Waals surface area contributed by atoms with Crippen LogP contribution in [0.5, 0.6) is 0 Å². The minimum absolute atomic E-state index is 0.303. The quantitative estimate of drug-likeness (QED) is 0.527. The van der Waals surface area contributed by atoms with E-state index in [0.29, 0.717) is 26.0 Å². The van der Waals surface area contributed by atoms with E-state index in [1.807, 2.05) is 30.3 Å². The van der Waals surface area contributed by atoms with E-state index in [-0.39, 0.29) is 6.04 Å². The monoisotopic (exact) mass is 274 g/mol. The zero-order valence-electron chi connectivity index (χ0n) is 12.2. The number of hydrogen-bond acceptors (Lipinski definition) is 4. The number of aliphatic hydroxyl groups excluding tert-OH is 1. The normalized spacial score (nSPS) is 14.4. The van der Waals surface area contributed by atoms with Crippen LogP contribution in [0.25, 0.3) is 0 Å². The molecule has 0 fully saturated rings. The van der Waals surface area contributed by atoms with E-state index >= 15 is 0 Å². The molecule has 0 spiro atoms. The van der Waals surface area contributed by atoms with Crippen LogP contribution in [0, 0.1) is 5.92 Å². The van der Waals surface area contributed by atoms with Gasteiger partial charge in [0.15, 0.2) is 0 Å². The first-order valence-electron chi connectivity index (χ1n) is 7.03. The number of nitrogens with zero attached hydrogens (tertiary/aromatic N) is 1. The SMILES string of the molecule is CC(C)CNCC(O)[C@H](Cc1ccccc1)N=CB=O. The van der Waals surface area contributed by atoms with Gasteiger partial charge in [-0.2, -0.15) is 0 Å². The fourth-order valence-corrected chi connectivity index (χ4v) is 1.95. The van der Waals surface area contributed by atoms with Crippen molar-refractivity contribution in [1.82, 2.24) is 5.32 Å². The predicted octanol–water partition coefficient (Wildman–Crippen LogP) is 1.28. The van der Waals surface area contributed by atoms with Crippen LogP contribution >= 0.6 is 0 Å². The Kier molecular flexibility index (Phi) is 8.00. The van der Waals surface area contributed by atoms with Gasteiger partial charge in [-0.1, -0.05) is 0 Å². The first kappa shape index (κ1) is 16.7. The van der Waals surface area contributed by atoms with Crippen LogP contribution < -0.4 is 5.32 Å². The summed E-state index contributed by atoms with van der Waals surface area (Å²) in [6.45, 7) is 5.56. The van der Waals surface area contributed by atoms with Crippen molar-refractivity contribution >= 4 is 13.3 Å². The molecular weight excluding hydrogens is 251 g/mol. The second-order valence-corrected chi connectivity index (χ2v) is 5.31. The van der Waals surface area contributed by atoms with Gasteiger partial charge in [-0.3, -0.25) is 0 Å². The molecule has 0 radical (unpaired) electrons. The van der Waals surface area contributed by atoms with E-state index in [1.165, 1.54) is 6.11 Å². The van der Waals surface area contributed by atoms with Crippen molar-refractivity contribution in [1.29, 1.82) is 0 Å². The average Bonchev–Trinajstić information content (AvgIpc) is 2.44. The molecule has 108 valence electrons. The van der Waals surface area contributed by atoms with E-state index in [1.54, 1.807) is 0 Å². The topological polar surface area (TPSA) is 61.7 Å². The van der Waals surface area contributed by atoms with Gasteiger partial charge in [-0.05, 0) is 0 Å². The van der Waals surface area contributed by atoms with Gasteiger partial charge in [-0.15, -0.1) is 0 Å². The van der Waals surface area contributed by atoms with Gasteiger partial charge in [0.05, 0.1) is 0 Å². The van der Waals surface area contributed by atoms with E-state index in [4.69, 9.17) is 0 Å². The van der Waals surface area contributed by atoms with Crippen LogP contribution in [0.3, 0.4) is 0 Å². The van der Waals surface area contributed by atoms with Crippen LogP contribution in [0.15, 0.2) is 35.3 Å². The minimum atomic E-state index is -0.606.